The molecule has 2 rings (SSSR count). The second-order valence-corrected chi connectivity index (χ2v) is 3.83. The average molecular weight is 245 g/mol. The Morgan fingerprint density at radius 3 is 2.67 bits per heavy atom. The number of aromatic nitrogens is 3. The molecule has 0 fully saturated rings. The molecule has 0 aromatic carbocycles. The van der Waals surface area contributed by atoms with Crippen molar-refractivity contribution in [2.24, 2.45) is 0 Å². The number of rotatable bonds is 4. The molecule has 2 aromatic rings. The van der Waals surface area contributed by atoms with Gasteiger partial charge in [-0.15, -0.1) is 0 Å². The van der Waals surface area contributed by atoms with Crippen LogP contribution in [0.15, 0.2) is 24.4 Å². The zero-order valence-corrected chi connectivity index (χ0v) is 9.87. The van der Waals surface area contributed by atoms with Crippen LogP contribution in [0.3, 0.4) is 0 Å². The van der Waals surface area contributed by atoms with Crippen molar-refractivity contribution < 1.29 is 5.11 Å². The fraction of sp³-hybridized carbons (Fsp3) is 0.250. The van der Waals surface area contributed by atoms with E-state index in [0.29, 0.717) is 35.6 Å². The second-order valence-electron chi connectivity index (χ2n) is 3.83. The first-order valence-electron chi connectivity index (χ1n) is 5.66. The zero-order chi connectivity index (χ0) is 13.0. The molecule has 6 nitrogen and oxygen atoms in total. The molecule has 0 spiro atoms. The smallest absolute Gasteiger partial charge is 0.222 e. The molecule has 0 saturated carbocycles. The Kier molecular flexibility index (Phi) is 3.69. The maximum absolute atomic E-state index is 8.91. The first kappa shape index (κ1) is 12.3. The quantitative estimate of drug-likeness (QED) is 0.728. The molecule has 18 heavy (non-hydrogen) atoms. The van der Waals surface area contributed by atoms with Crippen molar-refractivity contribution in [1.29, 1.82) is 0 Å². The van der Waals surface area contributed by atoms with Crippen LogP contribution in [-0.2, 0) is 6.42 Å². The molecule has 0 amide bonds. The molecule has 6 heteroatoms. The molecule has 0 unspecified atom stereocenters. The third-order valence-corrected chi connectivity index (χ3v) is 2.52. The third-order valence-electron chi connectivity index (χ3n) is 2.52. The van der Waals surface area contributed by atoms with Crippen LogP contribution in [0.25, 0.3) is 11.3 Å². The zero-order valence-electron chi connectivity index (χ0n) is 9.87. The summed E-state index contributed by atoms with van der Waals surface area (Å²) in [5.74, 6) is 0.453. The number of hydrogen-bond acceptors (Lipinski definition) is 6. The molecule has 0 aliphatic rings. The molecule has 0 atom stereocenters. The maximum Gasteiger partial charge on any atom is 0.222 e. The van der Waals surface area contributed by atoms with Crippen LogP contribution in [0.4, 0.5) is 11.8 Å². The summed E-state index contributed by atoms with van der Waals surface area (Å²) in [5.41, 5.74) is 13.6. The van der Waals surface area contributed by atoms with Crippen LogP contribution >= 0.6 is 0 Å². The van der Waals surface area contributed by atoms with Gasteiger partial charge in [-0.05, 0) is 25.0 Å². The fourth-order valence-electron chi connectivity index (χ4n) is 1.76. The van der Waals surface area contributed by atoms with Gasteiger partial charge in [-0.2, -0.15) is 4.98 Å². The van der Waals surface area contributed by atoms with E-state index in [-0.39, 0.29) is 12.6 Å². The third kappa shape index (κ3) is 2.54. The van der Waals surface area contributed by atoms with Gasteiger partial charge < -0.3 is 16.6 Å². The summed E-state index contributed by atoms with van der Waals surface area (Å²) in [6.45, 7) is 0.0888. The molecule has 2 heterocycles. The molecule has 94 valence electrons. The number of nitrogens with two attached hydrogens (primary N) is 2. The molecule has 0 saturated heterocycles. The number of nitrogen functional groups attached to an aromatic ring is 2. The minimum atomic E-state index is 0.0888. The lowest BCUT2D eigenvalue weighted by molar-refractivity contribution is 0.288. The number of nitrogens with zero attached hydrogens (tertiary/aromatic N) is 3. The van der Waals surface area contributed by atoms with E-state index in [4.69, 9.17) is 16.6 Å². The number of aliphatic hydroxyl groups excluding tert-OH is 1. The molecule has 0 aliphatic carbocycles. The van der Waals surface area contributed by atoms with Gasteiger partial charge >= 0.3 is 0 Å². The molecule has 0 aliphatic heterocycles. The highest BCUT2D eigenvalue weighted by Gasteiger charge is 2.13. The van der Waals surface area contributed by atoms with Crippen molar-refractivity contribution in [2.45, 2.75) is 12.8 Å². The van der Waals surface area contributed by atoms with E-state index in [1.54, 1.807) is 6.20 Å². The Balaban J connectivity index is 2.50. The SMILES string of the molecule is Nc1nc(N)c(-c2ccccn2)c(CCCO)n1. The molecular formula is C12H15N5O. The highest BCUT2D eigenvalue weighted by molar-refractivity contribution is 5.73. The highest BCUT2D eigenvalue weighted by Crippen LogP contribution is 2.27. The number of aryl methyl sites for hydroxylation is 1. The Morgan fingerprint density at radius 1 is 1.17 bits per heavy atom. The summed E-state index contributed by atoms with van der Waals surface area (Å²) in [6.07, 6.45) is 2.86. The summed E-state index contributed by atoms with van der Waals surface area (Å²) < 4.78 is 0. The predicted octanol–water partition coefficient (Wildman–Crippen LogP) is 0.628. The van der Waals surface area contributed by atoms with Crippen LogP contribution < -0.4 is 11.5 Å². The van der Waals surface area contributed by atoms with E-state index in [0.717, 1.165) is 0 Å². The standard InChI is InChI=1S/C12H15N5O/c13-11-10(8-4-1-2-6-15-8)9(5-3-7-18)16-12(14)17-11/h1-2,4,6,18H,3,5,7H2,(H4,13,14,16,17). The van der Waals surface area contributed by atoms with E-state index < -0.39 is 0 Å². The summed E-state index contributed by atoms with van der Waals surface area (Å²) in [7, 11) is 0. The number of anilines is 2. The van der Waals surface area contributed by atoms with E-state index in [9.17, 15) is 0 Å². The minimum Gasteiger partial charge on any atom is -0.396 e. The Bertz CT molecular complexity index is 529. The van der Waals surface area contributed by atoms with Crippen molar-refractivity contribution in [3.8, 4) is 11.3 Å². The van der Waals surface area contributed by atoms with Gasteiger partial charge in [0.25, 0.3) is 0 Å². The van der Waals surface area contributed by atoms with Crippen molar-refractivity contribution in [3.05, 3.63) is 30.1 Å². The lowest BCUT2D eigenvalue weighted by Crippen LogP contribution is -2.08. The van der Waals surface area contributed by atoms with Gasteiger partial charge in [0.2, 0.25) is 5.95 Å². The molecular weight excluding hydrogens is 230 g/mol. The Morgan fingerprint density at radius 2 is 2.00 bits per heavy atom. The van der Waals surface area contributed by atoms with Crippen molar-refractivity contribution >= 4 is 11.8 Å². The van der Waals surface area contributed by atoms with Crippen molar-refractivity contribution in [2.75, 3.05) is 18.1 Å². The lowest BCUT2D eigenvalue weighted by atomic mass is 10.1. The predicted molar refractivity (Wildman–Crippen MR) is 69.5 cm³/mol. The molecule has 0 bridgehead atoms. The lowest BCUT2D eigenvalue weighted by Gasteiger charge is -2.10. The van der Waals surface area contributed by atoms with E-state index in [1.165, 1.54) is 0 Å². The molecule has 2 aromatic heterocycles. The average Bonchev–Trinajstić information content (AvgIpc) is 2.36. The van der Waals surface area contributed by atoms with Crippen LogP contribution in [0, 0.1) is 0 Å². The summed E-state index contributed by atoms with van der Waals surface area (Å²) in [5, 5.41) is 8.91. The molecule has 5 N–H and O–H groups in total. The van der Waals surface area contributed by atoms with Crippen LogP contribution in [0.1, 0.15) is 12.1 Å². The number of hydrogen-bond donors (Lipinski definition) is 3. The van der Waals surface area contributed by atoms with Crippen LogP contribution in [0.5, 0.6) is 0 Å². The van der Waals surface area contributed by atoms with E-state index in [2.05, 4.69) is 15.0 Å². The fourth-order valence-corrected chi connectivity index (χ4v) is 1.76. The van der Waals surface area contributed by atoms with Gasteiger partial charge in [0.05, 0.1) is 17.0 Å². The first-order valence-corrected chi connectivity index (χ1v) is 5.66. The van der Waals surface area contributed by atoms with Crippen molar-refractivity contribution in [3.63, 3.8) is 0 Å². The number of aliphatic hydroxyl groups is 1. The number of pyridine rings is 1. The van der Waals surface area contributed by atoms with Gasteiger partial charge in [-0.1, -0.05) is 6.07 Å². The maximum atomic E-state index is 8.91. The van der Waals surface area contributed by atoms with Crippen LogP contribution in [-0.4, -0.2) is 26.7 Å². The van der Waals surface area contributed by atoms with Gasteiger partial charge in [-0.3, -0.25) is 4.98 Å². The second kappa shape index (κ2) is 5.42. The monoisotopic (exact) mass is 245 g/mol. The van der Waals surface area contributed by atoms with Gasteiger partial charge in [0.15, 0.2) is 0 Å². The van der Waals surface area contributed by atoms with Gasteiger partial charge in [-0.25, -0.2) is 4.98 Å². The topological polar surface area (TPSA) is 111 Å². The first-order chi connectivity index (χ1) is 8.72. The normalized spacial score (nSPS) is 10.5. The van der Waals surface area contributed by atoms with E-state index in [1.807, 2.05) is 18.2 Å². The van der Waals surface area contributed by atoms with Gasteiger partial charge in [0, 0.05) is 12.8 Å². The summed E-state index contributed by atoms with van der Waals surface area (Å²) >= 11 is 0. The van der Waals surface area contributed by atoms with Crippen LogP contribution in [0.2, 0.25) is 0 Å². The largest absolute Gasteiger partial charge is 0.396 e. The highest BCUT2D eigenvalue weighted by atomic mass is 16.2. The Hall–Kier alpha value is -2.21. The molecule has 0 radical (unpaired) electrons. The minimum absolute atomic E-state index is 0.0888. The van der Waals surface area contributed by atoms with E-state index >= 15 is 0 Å². The Labute approximate surface area is 105 Å². The summed E-state index contributed by atoms with van der Waals surface area (Å²) in [4.78, 5) is 12.4. The van der Waals surface area contributed by atoms with Gasteiger partial charge in [0.1, 0.15) is 5.82 Å². The van der Waals surface area contributed by atoms with Crippen molar-refractivity contribution in [1.82, 2.24) is 15.0 Å². The summed E-state index contributed by atoms with van der Waals surface area (Å²) in [6, 6.07) is 5.53.